The summed E-state index contributed by atoms with van der Waals surface area (Å²) in [5.41, 5.74) is 0.911. The summed E-state index contributed by atoms with van der Waals surface area (Å²) >= 11 is 5.94. The van der Waals surface area contributed by atoms with Crippen molar-refractivity contribution < 1.29 is 19.2 Å². The van der Waals surface area contributed by atoms with Crippen molar-refractivity contribution in [3.63, 3.8) is 0 Å². The second kappa shape index (κ2) is 11.4. The van der Waals surface area contributed by atoms with Gasteiger partial charge >= 0.3 is 5.97 Å². The van der Waals surface area contributed by atoms with Crippen LogP contribution in [0.25, 0.3) is 6.08 Å². The number of non-ortho nitro benzene ring substituents is 1. The Balaban J connectivity index is 1.61. The molecule has 32 heavy (non-hydrogen) atoms. The SMILES string of the molecule is CCCCCCCCOc1ccc(/C=C2\N=C(c3cc(Cl)cc([N+](=O)[O-])c3)OC2=O)cc1. The van der Waals surface area contributed by atoms with Crippen molar-refractivity contribution in [2.24, 2.45) is 4.99 Å². The van der Waals surface area contributed by atoms with Crippen molar-refractivity contribution in [3.05, 3.63) is 74.4 Å². The highest BCUT2D eigenvalue weighted by Crippen LogP contribution is 2.25. The number of carbonyl (C=O) groups excluding carboxylic acids is 1. The van der Waals surface area contributed by atoms with E-state index < -0.39 is 10.9 Å². The number of ether oxygens (including phenoxy) is 2. The lowest BCUT2D eigenvalue weighted by Crippen LogP contribution is -2.06. The fraction of sp³-hybridized carbons (Fsp3) is 0.333. The first-order chi connectivity index (χ1) is 15.5. The molecule has 2 aromatic carbocycles. The number of nitro groups is 1. The maximum Gasteiger partial charge on any atom is 0.363 e. The van der Waals surface area contributed by atoms with Crippen molar-refractivity contribution >= 4 is 35.2 Å². The van der Waals surface area contributed by atoms with E-state index in [9.17, 15) is 14.9 Å². The molecule has 0 saturated carbocycles. The highest BCUT2D eigenvalue weighted by molar-refractivity contribution is 6.31. The van der Waals surface area contributed by atoms with E-state index in [2.05, 4.69) is 11.9 Å². The van der Waals surface area contributed by atoms with Gasteiger partial charge in [-0.2, -0.15) is 0 Å². The number of nitro benzene ring substituents is 1. The van der Waals surface area contributed by atoms with Crippen LogP contribution in [-0.4, -0.2) is 23.4 Å². The highest BCUT2D eigenvalue weighted by Gasteiger charge is 2.25. The molecule has 0 spiro atoms. The summed E-state index contributed by atoms with van der Waals surface area (Å²) in [6.45, 7) is 2.88. The number of hydrogen-bond acceptors (Lipinski definition) is 6. The van der Waals surface area contributed by atoms with E-state index in [1.165, 1.54) is 50.3 Å². The third-order valence-electron chi connectivity index (χ3n) is 4.91. The van der Waals surface area contributed by atoms with Gasteiger partial charge in [-0.15, -0.1) is 0 Å². The number of nitrogens with zero attached hydrogens (tertiary/aromatic N) is 2. The van der Waals surface area contributed by atoms with Crippen molar-refractivity contribution in [2.45, 2.75) is 45.4 Å². The number of rotatable bonds is 11. The van der Waals surface area contributed by atoms with E-state index in [1.807, 2.05) is 24.3 Å². The molecule has 0 unspecified atom stereocenters. The number of carbonyl (C=O) groups is 1. The number of cyclic esters (lactones) is 1. The highest BCUT2D eigenvalue weighted by atomic mass is 35.5. The van der Waals surface area contributed by atoms with Gasteiger partial charge in [-0.05, 0) is 36.3 Å². The molecule has 0 saturated heterocycles. The van der Waals surface area contributed by atoms with Crippen LogP contribution in [0, 0.1) is 10.1 Å². The molecule has 0 radical (unpaired) electrons. The van der Waals surface area contributed by atoms with Crippen LogP contribution in [0.15, 0.2) is 53.2 Å². The monoisotopic (exact) mass is 456 g/mol. The first kappa shape index (κ1) is 23.5. The Morgan fingerprint density at radius 1 is 1.09 bits per heavy atom. The predicted molar refractivity (Wildman–Crippen MR) is 124 cm³/mol. The van der Waals surface area contributed by atoms with Gasteiger partial charge in [0.1, 0.15) is 5.75 Å². The molecule has 1 heterocycles. The molecule has 0 fully saturated rings. The van der Waals surface area contributed by atoms with Crippen molar-refractivity contribution in [2.75, 3.05) is 6.61 Å². The Morgan fingerprint density at radius 2 is 1.81 bits per heavy atom. The largest absolute Gasteiger partial charge is 0.494 e. The maximum atomic E-state index is 12.2. The lowest BCUT2D eigenvalue weighted by molar-refractivity contribution is -0.384. The minimum atomic E-state index is -0.633. The molecule has 7 nitrogen and oxygen atoms in total. The molecule has 0 N–H and O–H groups in total. The molecule has 8 heteroatoms. The molecule has 1 aliphatic heterocycles. The maximum absolute atomic E-state index is 12.2. The second-order valence-electron chi connectivity index (χ2n) is 7.48. The predicted octanol–water partition coefficient (Wildman–Crippen LogP) is 6.33. The second-order valence-corrected chi connectivity index (χ2v) is 7.91. The van der Waals surface area contributed by atoms with Gasteiger partial charge in [-0.1, -0.05) is 62.8 Å². The third-order valence-corrected chi connectivity index (χ3v) is 5.13. The summed E-state index contributed by atoms with van der Waals surface area (Å²) in [6.07, 6.45) is 8.84. The summed E-state index contributed by atoms with van der Waals surface area (Å²) in [5.74, 6) is 0.113. The van der Waals surface area contributed by atoms with Gasteiger partial charge in [0.15, 0.2) is 5.70 Å². The average Bonchev–Trinajstić information content (AvgIpc) is 3.14. The van der Waals surface area contributed by atoms with Crippen molar-refractivity contribution in [3.8, 4) is 5.75 Å². The van der Waals surface area contributed by atoms with Crippen LogP contribution in [0.3, 0.4) is 0 Å². The Hall–Kier alpha value is -3.19. The summed E-state index contributed by atoms with van der Waals surface area (Å²) in [4.78, 5) is 26.9. The number of aliphatic imine (C=N–C) groups is 1. The fourth-order valence-electron chi connectivity index (χ4n) is 3.23. The van der Waals surface area contributed by atoms with Crippen LogP contribution >= 0.6 is 11.6 Å². The van der Waals surface area contributed by atoms with Crippen LogP contribution in [0.1, 0.15) is 56.6 Å². The fourth-order valence-corrected chi connectivity index (χ4v) is 3.46. The molecule has 0 atom stereocenters. The molecule has 2 aromatic rings. The zero-order valence-electron chi connectivity index (χ0n) is 17.9. The van der Waals surface area contributed by atoms with E-state index in [4.69, 9.17) is 21.1 Å². The first-order valence-corrected chi connectivity index (χ1v) is 11.0. The van der Waals surface area contributed by atoms with Crippen LogP contribution < -0.4 is 4.74 Å². The molecular formula is C24H25ClN2O5. The Bertz CT molecular complexity index is 1030. The van der Waals surface area contributed by atoms with E-state index in [1.54, 1.807) is 6.08 Å². The first-order valence-electron chi connectivity index (χ1n) is 10.7. The van der Waals surface area contributed by atoms with Crippen LogP contribution in [0.4, 0.5) is 5.69 Å². The molecule has 0 aromatic heterocycles. The average molecular weight is 457 g/mol. The zero-order valence-corrected chi connectivity index (χ0v) is 18.6. The molecule has 168 valence electrons. The summed E-state index contributed by atoms with van der Waals surface area (Å²) in [6, 6.07) is 11.3. The van der Waals surface area contributed by atoms with Gasteiger partial charge in [0, 0.05) is 22.7 Å². The van der Waals surface area contributed by atoms with Gasteiger partial charge in [0.25, 0.3) is 5.69 Å². The summed E-state index contributed by atoms with van der Waals surface area (Å²) in [5, 5.41) is 11.2. The van der Waals surface area contributed by atoms with Gasteiger partial charge in [-0.3, -0.25) is 10.1 Å². The minimum absolute atomic E-state index is 0.0225. The number of benzene rings is 2. The number of hydrogen-bond donors (Lipinski definition) is 0. The van der Waals surface area contributed by atoms with Gasteiger partial charge in [0.05, 0.1) is 11.5 Å². The third kappa shape index (κ3) is 6.65. The topological polar surface area (TPSA) is 91.0 Å². The summed E-state index contributed by atoms with van der Waals surface area (Å²) < 4.78 is 11.0. The van der Waals surface area contributed by atoms with Crippen LogP contribution in [0.2, 0.25) is 5.02 Å². The standard InChI is InChI=1S/C24H25ClN2O5/c1-2-3-4-5-6-7-12-31-21-10-8-17(9-11-21)13-22-24(28)32-23(26-22)18-14-19(25)16-20(15-18)27(29)30/h8-11,13-16H,2-7,12H2,1H3/b22-13-. The molecular weight excluding hydrogens is 432 g/mol. The van der Waals surface area contributed by atoms with Crippen LogP contribution in [-0.2, 0) is 9.53 Å². The smallest absolute Gasteiger partial charge is 0.363 e. The van der Waals surface area contributed by atoms with E-state index in [0.29, 0.717) is 6.61 Å². The molecule has 1 aliphatic rings. The minimum Gasteiger partial charge on any atom is -0.494 e. The molecule has 0 aliphatic carbocycles. The Kier molecular flexibility index (Phi) is 8.39. The van der Waals surface area contributed by atoms with E-state index in [-0.39, 0.29) is 27.9 Å². The Labute approximate surface area is 191 Å². The molecule has 0 bridgehead atoms. The molecule has 3 rings (SSSR count). The lowest BCUT2D eigenvalue weighted by atomic mass is 10.1. The normalized spacial score (nSPS) is 14.4. The summed E-state index contributed by atoms with van der Waals surface area (Å²) in [7, 11) is 0. The molecule has 0 amide bonds. The van der Waals surface area contributed by atoms with E-state index >= 15 is 0 Å². The van der Waals surface area contributed by atoms with Crippen molar-refractivity contribution in [1.29, 1.82) is 0 Å². The Morgan fingerprint density at radius 3 is 2.53 bits per heavy atom. The van der Waals surface area contributed by atoms with Gasteiger partial charge in [-0.25, -0.2) is 9.79 Å². The lowest BCUT2D eigenvalue weighted by Gasteiger charge is -2.06. The van der Waals surface area contributed by atoms with Gasteiger partial charge < -0.3 is 9.47 Å². The quantitative estimate of drug-likeness (QED) is 0.129. The number of unbranched alkanes of at least 4 members (excludes halogenated alkanes) is 5. The number of esters is 1. The number of halogens is 1. The van der Waals surface area contributed by atoms with Crippen LogP contribution in [0.5, 0.6) is 5.75 Å². The van der Waals surface area contributed by atoms with Crippen molar-refractivity contribution in [1.82, 2.24) is 0 Å². The van der Waals surface area contributed by atoms with Gasteiger partial charge in [0.2, 0.25) is 5.90 Å². The zero-order chi connectivity index (χ0) is 22.9. The van der Waals surface area contributed by atoms with E-state index in [0.717, 1.165) is 17.7 Å².